The second-order valence-corrected chi connectivity index (χ2v) is 5.44. The lowest BCUT2D eigenvalue weighted by Crippen LogP contribution is -2.36. The van der Waals surface area contributed by atoms with Gasteiger partial charge in [-0.2, -0.15) is 0 Å². The normalized spacial score (nSPS) is 14.2. The highest BCUT2D eigenvalue weighted by Gasteiger charge is 2.27. The summed E-state index contributed by atoms with van der Waals surface area (Å²) in [6.45, 7) is 7.75. The van der Waals surface area contributed by atoms with E-state index in [1.165, 1.54) is 12.8 Å². The third-order valence-electron chi connectivity index (χ3n) is 3.75. The molecule has 0 aromatic carbocycles. The van der Waals surface area contributed by atoms with E-state index in [4.69, 9.17) is 0 Å². The van der Waals surface area contributed by atoms with Crippen LogP contribution >= 0.6 is 0 Å². The topological polar surface area (TPSA) is 57.3 Å². The van der Waals surface area contributed by atoms with Crippen molar-refractivity contribution >= 4 is 11.7 Å². The molecule has 5 nitrogen and oxygen atoms in total. The second kappa shape index (κ2) is 7.98. The quantitative estimate of drug-likeness (QED) is 0.731. The Balaban J connectivity index is 1.84. The van der Waals surface area contributed by atoms with E-state index in [0.717, 1.165) is 32.1 Å². The fraction of sp³-hybridized carbons (Fsp3) is 0.625. The second-order valence-electron chi connectivity index (χ2n) is 5.44. The van der Waals surface area contributed by atoms with Crippen LogP contribution < -0.4 is 10.6 Å². The molecule has 116 valence electrons. The highest BCUT2D eigenvalue weighted by atomic mass is 16.1. The molecule has 1 fully saturated rings. The zero-order chi connectivity index (χ0) is 15.1. The van der Waals surface area contributed by atoms with Gasteiger partial charge >= 0.3 is 0 Å². The molecule has 0 spiro atoms. The molecule has 0 radical (unpaired) electrons. The van der Waals surface area contributed by atoms with E-state index < -0.39 is 0 Å². The zero-order valence-electron chi connectivity index (χ0n) is 13.1. The van der Waals surface area contributed by atoms with Crippen molar-refractivity contribution in [1.82, 2.24) is 15.2 Å². The fourth-order valence-electron chi connectivity index (χ4n) is 2.42. The Morgan fingerprint density at radius 3 is 2.86 bits per heavy atom. The predicted molar refractivity (Wildman–Crippen MR) is 85.6 cm³/mol. The van der Waals surface area contributed by atoms with Gasteiger partial charge in [-0.05, 0) is 37.9 Å². The summed E-state index contributed by atoms with van der Waals surface area (Å²) >= 11 is 0. The number of nitrogens with one attached hydrogen (secondary N) is 2. The van der Waals surface area contributed by atoms with Gasteiger partial charge in [-0.1, -0.05) is 13.8 Å². The Morgan fingerprint density at radius 1 is 1.38 bits per heavy atom. The van der Waals surface area contributed by atoms with Crippen molar-refractivity contribution in [3.63, 3.8) is 0 Å². The summed E-state index contributed by atoms with van der Waals surface area (Å²) in [5, 5.41) is 6.20. The maximum atomic E-state index is 12.3. The first-order valence-corrected chi connectivity index (χ1v) is 7.97. The van der Waals surface area contributed by atoms with E-state index in [2.05, 4.69) is 34.4 Å². The number of hydrogen-bond donors (Lipinski definition) is 2. The van der Waals surface area contributed by atoms with E-state index in [9.17, 15) is 4.79 Å². The van der Waals surface area contributed by atoms with E-state index >= 15 is 0 Å². The average molecular weight is 290 g/mol. The van der Waals surface area contributed by atoms with Crippen LogP contribution in [0.25, 0.3) is 0 Å². The molecule has 2 rings (SSSR count). The number of carbonyl (C=O) groups excluding carboxylic acids is 1. The molecule has 1 saturated carbocycles. The van der Waals surface area contributed by atoms with Crippen LogP contribution in [0.5, 0.6) is 0 Å². The van der Waals surface area contributed by atoms with Crippen molar-refractivity contribution in [1.29, 1.82) is 0 Å². The van der Waals surface area contributed by atoms with Crippen LogP contribution in [0.4, 0.5) is 5.82 Å². The predicted octanol–water partition coefficient (Wildman–Crippen LogP) is 2.12. The van der Waals surface area contributed by atoms with Crippen molar-refractivity contribution in [3.8, 4) is 0 Å². The summed E-state index contributed by atoms with van der Waals surface area (Å²) in [6.07, 6.45) is 5.32. The molecule has 1 aromatic heterocycles. The first kappa shape index (κ1) is 15.8. The largest absolute Gasteiger partial charge is 0.369 e. The number of pyridine rings is 1. The summed E-state index contributed by atoms with van der Waals surface area (Å²) < 4.78 is 0. The van der Waals surface area contributed by atoms with Crippen molar-refractivity contribution in [2.45, 2.75) is 39.2 Å². The molecule has 0 saturated heterocycles. The molecule has 1 aliphatic carbocycles. The maximum absolute atomic E-state index is 12.3. The summed E-state index contributed by atoms with van der Waals surface area (Å²) in [4.78, 5) is 19.0. The van der Waals surface area contributed by atoms with Crippen LogP contribution in [0, 0.1) is 0 Å². The minimum absolute atomic E-state index is 0.0476. The number of aromatic nitrogens is 1. The van der Waals surface area contributed by atoms with Crippen molar-refractivity contribution in [2.75, 3.05) is 31.5 Å². The van der Waals surface area contributed by atoms with Gasteiger partial charge in [0.2, 0.25) is 0 Å². The molecule has 1 aromatic rings. The third kappa shape index (κ3) is 4.70. The lowest BCUT2D eigenvalue weighted by Gasteiger charge is -2.20. The average Bonchev–Trinajstić information content (AvgIpc) is 3.34. The summed E-state index contributed by atoms with van der Waals surface area (Å²) in [5.41, 5.74) is 0.625. The lowest BCUT2D eigenvalue weighted by atomic mass is 10.2. The molecule has 1 aliphatic rings. The summed E-state index contributed by atoms with van der Waals surface area (Å²) in [7, 11) is 0. The minimum atomic E-state index is -0.0476. The molecule has 21 heavy (non-hydrogen) atoms. The monoisotopic (exact) mass is 290 g/mol. The van der Waals surface area contributed by atoms with Crippen molar-refractivity contribution < 1.29 is 4.79 Å². The van der Waals surface area contributed by atoms with Gasteiger partial charge < -0.3 is 10.6 Å². The van der Waals surface area contributed by atoms with E-state index in [1.54, 1.807) is 12.3 Å². The third-order valence-corrected chi connectivity index (χ3v) is 3.75. The molecule has 0 unspecified atom stereocenters. The molecular weight excluding hydrogens is 264 g/mol. The summed E-state index contributed by atoms with van der Waals surface area (Å²) in [5.74, 6) is 0.625. The highest BCUT2D eigenvalue weighted by molar-refractivity contribution is 5.98. The maximum Gasteiger partial charge on any atom is 0.255 e. The molecule has 2 N–H and O–H groups in total. The van der Waals surface area contributed by atoms with Gasteiger partial charge in [-0.25, -0.2) is 4.98 Å². The van der Waals surface area contributed by atoms with Gasteiger partial charge in [0.1, 0.15) is 5.82 Å². The van der Waals surface area contributed by atoms with Crippen LogP contribution in [0.1, 0.15) is 43.5 Å². The van der Waals surface area contributed by atoms with Gasteiger partial charge in [-0.15, -0.1) is 0 Å². The molecule has 0 atom stereocenters. The van der Waals surface area contributed by atoms with Gasteiger partial charge in [-0.3, -0.25) is 9.69 Å². The van der Waals surface area contributed by atoms with Crippen molar-refractivity contribution in [2.24, 2.45) is 0 Å². The number of amides is 1. The van der Waals surface area contributed by atoms with Crippen LogP contribution in [0.3, 0.4) is 0 Å². The number of hydrogen-bond acceptors (Lipinski definition) is 4. The highest BCUT2D eigenvalue weighted by Crippen LogP contribution is 2.25. The Labute approximate surface area is 127 Å². The van der Waals surface area contributed by atoms with Gasteiger partial charge in [0, 0.05) is 31.9 Å². The first-order chi connectivity index (χ1) is 10.3. The van der Waals surface area contributed by atoms with E-state index in [-0.39, 0.29) is 5.91 Å². The van der Waals surface area contributed by atoms with Crippen LogP contribution in [-0.4, -0.2) is 48.0 Å². The van der Waals surface area contributed by atoms with E-state index in [0.29, 0.717) is 17.9 Å². The first-order valence-electron chi connectivity index (χ1n) is 7.97. The Morgan fingerprint density at radius 2 is 2.19 bits per heavy atom. The van der Waals surface area contributed by atoms with Gasteiger partial charge in [0.05, 0.1) is 5.56 Å². The fourth-order valence-corrected chi connectivity index (χ4v) is 2.42. The molecule has 1 amide bonds. The Kier molecular flexibility index (Phi) is 5.99. The smallest absolute Gasteiger partial charge is 0.255 e. The molecule has 0 aliphatic heterocycles. The molecular formula is C16H26N4O. The van der Waals surface area contributed by atoms with E-state index in [1.807, 2.05) is 6.07 Å². The molecule has 5 heteroatoms. The van der Waals surface area contributed by atoms with Gasteiger partial charge in [0.25, 0.3) is 5.91 Å². The van der Waals surface area contributed by atoms with Crippen LogP contribution in [-0.2, 0) is 0 Å². The van der Waals surface area contributed by atoms with Crippen LogP contribution in [0.15, 0.2) is 18.3 Å². The van der Waals surface area contributed by atoms with Gasteiger partial charge in [0.15, 0.2) is 0 Å². The molecule has 0 bridgehead atoms. The number of rotatable bonds is 9. The number of anilines is 1. The SMILES string of the molecule is CCCNc1ncccc1C(=O)NCCN(CC)C1CC1. The standard InChI is InChI=1S/C16H26N4O/c1-3-9-17-15-14(6-5-10-18-15)16(21)19-11-12-20(4-2)13-7-8-13/h5-6,10,13H,3-4,7-9,11-12H2,1-2H3,(H,17,18)(H,19,21). The molecule has 1 heterocycles. The number of carbonyl (C=O) groups is 1. The Bertz CT molecular complexity index is 459. The van der Waals surface area contributed by atoms with Crippen molar-refractivity contribution in [3.05, 3.63) is 23.9 Å². The Hall–Kier alpha value is -1.62. The minimum Gasteiger partial charge on any atom is -0.369 e. The number of likely N-dealkylation sites (N-methyl/N-ethyl adjacent to an activating group) is 1. The summed E-state index contributed by atoms with van der Waals surface area (Å²) in [6, 6.07) is 4.36. The van der Waals surface area contributed by atoms with Crippen LogP contribution in [0.2, 0.25) is 0 Å². The lowest BCUT2D eigenvalue weighted by molar-refractivity contribution is 0.0948. The number of nitrogens with zero attached hydrogens (tertiary/aromatic N) is 2. The zero-order valence-corrected chi connectivity index (χ0v) is 13.1.